The molecule has 2 amide bonds. The van der Waals surface area contributed by atoms with Crippen LogP contribution in [0.1, 0.15) is 26.9 Å². The lowest BCUT2D eigenvalue weighted by molar-refractivity contribution is -0.765. The molecule has 4 atom stereocenters. The smallest absolute Gasteiger partial charge is 0.292 e. The molecular weight excluding hydrogens is 354 g/mol. The number of anilines is 1. The fraction of sp³-hybridized carbons (Fsp3) is 0.278. The van der Waals surface area contributed by atoms with E-state index in [2.05, 4.69) is 5.32 Å². The first-order chi connectivity index (χ1) is 12.9. The van der Waals surface area contributed by atoms with Crippen molar-refractivity contribution in [2.75, 3.05) is 11.9 Å². The van der Waals surface area contributed by atoms with Gasteiger partial charge in [0.25, 0.3) is 12.1 Å². The lowest BCUT2D eigenvalue weighted by Crippen LogP contribution is -2.46. The van der Waals surface area contributed by atoms with Gasteiger partial charge < -0.3 is 31.1 Å². The van der Waals surface area contributed by atoms with E-state index in [1.807, 2.05) is 0 Å². The highest BCUT2D eigenvalue weighted by Crippen LogP contribution is 2.25. The number of benzene rings is 1. The number of aromatic nitrogens is 1. The van der Waals surface area contributed by atoms with Gasteiger partial charge in [0, 0.05) is 17.3 Å². The third kappa shape index (κ3) is 3.96. The molecule has 1 aliphatic rings. The predicted molar refractivity (Wildman–Crippen MR) is 92.6 cm³/mol. The van der Waals surface area contributed by atoms with Gasteiger partial charge in [-0.2, -0.15) is 4.57 Å². The molecule has 0 bridgehead atoms. The maximum Gasteiger partial charge on any atom is 0.292 e. The largest absolute Gasteiger partial charge is 0.394 e. The van der Waals surface area contributed by atoms with Crippen molar-refractivity contribution in [1.29, 1.82) is 0 Å². The van der Waals surface area contributed by atoms with Crippen LogP contribution in [0.25, 0.3) is 0 Å². The number of primary amides is 1. The maximum absolute atomic E-state index is 12.5. The number of ether oxygens (including phenoxy) is 1. The molecule has 142 valence electrons. The number of nitrogens with zero attached hydrogens (tertiary/aromatic N) is 1. The van der Waals surface area contributed by atoms with E-state index in [1.54, 1.807) is 30.5 Å². The van der Waals surface area contributed by atoms with Gasteiger partial charge in [-0.1, -0.05) is 6.07 Å². The van der Waals surface area contributed by atoms with E-state index in [4.69, 9.17) is 10.5 Å². The van der Waals surface area contributed by atoms with E-state index in [0.29, 0.717) is 5.69 Å². The summed E-state index contributed by atoms with van der Waals surface area (Å²) in [7, 11) is 0. The van der Waals surface area contributed by atoms with Crippen molar-refractivity contribution in [3.05, 3.63) is 59.9 Å². The van der Waals surface area contributed by atoms with Crippen LogP contribution in [0.2, 0.25) is 0 Å². The SMILES string of the molecule is NC(=O)c1cccc(NC(=O)c2ccc[n+]([C@@H]3O[C@H](CO)[C@@H](O)[C@H]3O)c2)c1. The predicted octanol–water partition coefficient (Wildman–Crippen LogP) is -1.06. The topological polar surface area (TPSA) is 146 Å². The molecule has 0 saturated carbocycles. The van der Waals surface area contributed by atoms with Crippen molar-refractivity contribution in [2.45, 2.75) is 24.5 Å². The quantitative estimate of drug-likeness (QED) is 0.422. The number of hydrogen-bond acceptors (Lipinski definition) is 6. The van der Waals surface area contributed by atoms with E-state index < -0.39 is 43.0 Å². The molecule has 3 rings (SSSR count). The molecule has 1 aliphatic heterocycles. The lowest BCUT2D eigenvalue weighted by atomic mass is 10.1. The average molecular weight is 374 g/mol. The highest BCUT2D eigenvalue weighted by atomic mass is 16.6. The van der Waals surface area contributed by atoms with Gasteiger partial charge >= 0.3 is 0 Å². The second-order valence-electron chi connectivity index (χ2n) is 6.17. The highest BCUT2D eigenvalue weighted by Gasteiger charge is 2.48. The summed E-state index contributed by atoms with van der Waals surface area (Å²) in [6, 6.07) is 9.36. The van der Waals surface area contributed by atoms with Crippen molar-refractivity contribution in [1.82, 2.24) is 0 Å². The minimum Gasteiger partial charge on any atom is -0.394 e. The summed E-state index contributed by atoms with van der Waals surface area (Å²) in [4.78, 5) is 23.7. The molecule has 9 nitrogen and oxygen atoms in total. The minimum absolute atomic E-state index is 0.264. The van der Waals surface area contributed by atoms with Gasteiger partial charge in [-0.3, -0.25) is 9.59 Å². The monoisotopic (exact) mass is 374 g/mol. The Balaban J connectivity index is 1.78. The number of nitrogens with two attached hydrogens (primary N) is 1. The molecule has 6 N–H and O–H groups in total. The summed E-state index contributed by atoms with van der Waals surface area (Å²) in [5, 5.41) is 31.8. The summed E-state index contributed by atoms with van der Waals surface area (Å²) < 4.78 is 6.89. The number of carbonyl (C=O) groups excluding carboxylic acids is 2. The molecule has 1 aromatic carbocycles. The molecule has 2 aromatic rings. The maximum atomic E-state index is 12.5. The van der Waals surface area contributed by atoms with Crippen LogP contribution in [-0.2, 0) is 4.74 Å². The fourth-order valence-electron chi connectivity index (χ4n) is 2.87. The van der Waals surface area contributed by atoms with E-state index in [9.17, 15) is 24.9 Å². The van der Waals surface area contributed by atoms with Crippen molar-refractivity contribution in [2.24, 2.45) is 5.73 Å². The van der Waals surface area contributed by atoms with Crippen LogP contribution in [0.5, 0.6) is 0 Å². The normalized spacial score (nSPS) is 24.6. The van der Waals surface area contributed by atoms with Crippen molar-refractivity contribution in [3.63, 3.8) is 0 Å². The first kappa shape index (κ1) is 18.9. The molecule has 0 aliphatic carbocycles. The van der Waals surface area contributed by atoms with Crippen LogP contribution >= 0.6 is 0 Å². The Morgan fingerprint density at radius 1 is 1.15 bits per heavy atom. The molecule has 9 heteroatoms. The van der Waals surface area contributed by atoms with Crippen LogP contribution in [0.3, 0.4) is 0 Å². The van der Waals surface area contributed by atoms with Crippen molar-refractivity contribution < 1.29 is 34.2 Å². The Labute approximate surface area is 154 Å². The standard InChI is InChI=1S/C18H19N3O6/c19-16(25)10-3-1-5-12(7-10)20-17(26)11-4-2-6-21(8-11)18-15(24)14(23)13(9-22)27-18/h1-8,13-15,18,22-24H,9H2,(H2-,19,20,25,26)/p+1/t13-,14-,15-,18-/m1/s1. The van der Waals surface area contributed by atoms with E-state index in [-0.39, 0.29) is 11.1 Å². The van der Waals surface area contributed by atoms with E-state index >= 15 is 0 Å². The summed E-state index contributed by atoms with van der Waals surface area (Å²) in [5.41, 5.74) is 6.16. The van der Waals surface area contributed by atoms with Crippen LogP contribution < -0.4 is 15.6 Å². The molecule has 1 fully saturated rings. The lowest BCUT2D eigenvalue weighted by Gasteiger charge is -2.11. The van der Waals surface area contributed by atoms with Crippen LogP contribution in [-0.4, -0.2) is 52.1 Å². The van der Waals surface area contributed by atoms with Crippen molar-refractivity contribution in [3.8, 4) is 0 Å². The average Bonchev–Trinajstić information content (AvgIpc) is 2.96. The number of pyridine rings is 1. The number of nitrogens with one attached hydrogen (secondary N) is 1. The van der Waals surface area contributed by atoms with Gasteiger partial charge in [0.15, 0.2) is 18.5 Å². The third-order valence-electron chi connectivity index (χ3n) is 4.30. The van der Waals surface area contributed by atoms with Crippen molar-refractivity contribution >= 4 is 17.5 Å². The van der Waals surface area contributed by atoms with Crippen LogP contribution in [0.4, 0.5) is 5.69 Å². The zero-order valence-electron chi connectivity index (χ0n) is 14.2. The summed E-state index contributed by atoms with van der Waals surface area (Å²) in [6.45, 7) is -0.439. The van der Waals surface area contributed by atoms with Gasteiger partial charge in [-0.15, -0.1) is 0 Å². The zero-order chi connectivity index (χ0) is 19.6. The van der Waals surface area contributed by atoms with Gasteiger partial charge in [-0.25, -0.2) is 0 Å². The molecule has 0 spiro atoms. The highest BCUT2D eigenvalue weighted by molar-refractivity contribution is 6.04. The Hall–Kier alpha value is -2.85. The van der Waals surface area contributed by atoms with E-state index in [0.717, 1.165) is 0 Å². The fourth-order valence-corrected chi connectivity index (χ4v) is 2.87. The molecule has 1 saturated heterocycles. The van der Waals surface area contributed by atoms with Gasteiger partial charge in [0.05, 0.1) is 6.61 Å². The number of hydrogen-bond donors (Lipinski definition) is 5. The summed E-state index contributed by atoms with van der Waals surface area (Å²) in [6.07, 6.45) is -1.31. The van der Waals surface area contributed by atoms with Gasteiger partial charge in [-0.05, 0) is 24.3 Å². The number of rotatable bonds is 5. The third-order valence-corrected chi connectivity index (χ3v) is 4.30. The second-order valence-corrected chi connectivity index (χ2v) is 6.17. The molecular formula is C18H20N3O6+. The minimum atomic E-state index is -1.25. The number of carbonyl (C=O) groups is 2. The zero-order valence-corrected chi connectivity index (χ0v) is 14.2. The van der Waals surface area contributed by atoms with Gasteiger partial charge in [0.1, 0.15) is 17.8 Å². The Morgan fingerprint density at radius 2 is 1.89 bits per heavy atom. The Morgan fingerprint density at radius 3 is 2.56 bits per heavy atom. The van der Waals surface area contributed by atoms with E-state index in [1.165, 1.54) is 22.9 Å². The summed E-state index contributed by atoms with van der Waals surface area (Å²) >= 11 is 0. The number of aliphatic hydroxyl groups is 3. The Bertz CT molecular complexity index is 858. The first-order valence-corrected chi connectivity index (χ1v) is 8.25. The molecule has 0 unspecified atom stereocenters. The molecule has 2 heterocycles. The second kappa shape index (κ2) is 7.80. The number of aliphatic hydroxyl groups excluding tert-OH is 3. The molecule has 1 aromatic heterocycles. The molecule has 0 radical (unpaired) electrons. The van der Waals surface area contributed by atoms with Crippen LogP contribution in [0.15, 0.2) is 48.8 Å². The van der Waals surface area contributed by atoms with Crippen LogP contribution in [0, 0.1) is 0 Å². The number of amides is 2. The summed E-state index contributed by atoms with van der Waals surface area (Å²) in [5.74, 6) is -1.05. The first-order valence-electron chi connectivity index (χ1n) is 8.25. The molecule has 27 heavy (non-hydrogen) atoms. The Kier molecular flexibility index (Phi) is 5.47. The van der Waals surface area contributed by atoms with Gasteiger partial charge in [0.2, 0.25) is 5.91 Å².